The van der Waals surface area contributed by atoms with Gasteiger partial charge in [-0.2, -0.15) is 16.8 Å². The zero-order valence-electron chi connectivity index (χ0n) is 20.9. The number of fused-ring (bicyclic) bond motifs is 3. The second-order valence-electron chi connectivity index (χ2n) is 9.72. The predicted molar refractivity (Wildman–Crippen MR) is 155 cm³/mol. The second-order valence-corrected chi connectivity index (χ2v) is 13.6. The van der Waals surface area contributed by atoms with Crippen LogP contribution in [0.1, 0.15) is 25.8 Å². The third kappa shape index (κ3) is 6.29. The molecule has 0 saturated carbocycles. The molecule has 1 atom stereocenters. The summed E-state index contributed by atoms with van der Waals surface area (Å²) in [6, 6.07) is 17.7. The fraction of sp³-hybridized carbons (Fsp3) is 0.259. The highest BCUT2D eigenvalue weighted by molar-refractivity contribution is 9.11. The molecule has 1 unspecified atom stereocenters. The average Bonchev–Trinajstić information content (AvgIpc) is 3.06. The summed E-state index contributed by atoms with van der Waals surface area (Å²) in [4.78, 5) is 1.93. The van der Waals surface area contributed by atoms with E-state index in [-0.39, 0.29) is 23.1 Å². The van der Waals surface area contributed by atoms with E-state index in [0.717, 1.165) is 26.8 Å². The summed E-state index contributed by atoms with van der Waals surface area (Å²) in [6.45, 7) is 4.54. The fourth-order valence-corrected chi connectivity index (χ4v) is 6.28. The number of hydrogen-bond donors (Lipinski definition) is 3. The summed E-state index contributed by atoms with van der Waals surface area (Å²) in [5.41, 5.74) is 2.37. The van der Waals surface area contributed by atoms with Crippen molar-refractivity contribution in [2.45, 2.75) is 36.6 Å². The van der Waals surface area contributed by atoms with Crippen molar-refractivity contribution in [3.8, 4) is 0 Å². The van der Waals surface area contributed by atoms with Crippen LogP contribution in [-0.4, -0.2) is 44.3 Å². The highest BCUT2D eigenvalue weighted by atomic mass is 79.9. The Morgan fingerprint density at radius 2 is 1.76 bits per heavy atom. The predicted octanol–water partition coefficient (Wildman–Crippen LogP) is 5.74. The molecule has 0 aliphatic carbocycles. The van der Waals surface area contributed by atoms with E-state index in [2.05, 4.69) is 40.0 Å². The Hall–Kier alpha value is -2.70. The molecule has 0 saturated heterocycles. The molecular formula is C27H29BrN2O6S2. The number of rotatable bonds is 9. The number of nitrogens with zero attached hydrogens (tertiary/aromatic N) is 1. The van der Waals surface area contributed by atoms with Gasteiger partial charge in [0.1, 0.15) is 0 Å². The van der Waals surface area contributed by atoms with Crippen LogP contribution in [0.3, 0.4) is 0 Å². The van der Waals surface area contributed by atoms with Crippen LogP contribution in [-0.2, 0) is 25.7 Å². The molecule has 1 aliphatic rings. The molecular weight excluding hydrogens is 592 g/mol. The molecule has 3 aromatic carbocycles. The van der Waals surface area contributed by atoms with Crippen LogP contribution < -0.4 is 10.2 Å². The van der Waals surface area contributed by atoms with Gasteiger partial charge in [-0.05, 0) is 75.1 Å². The van der Waals surface area contributed by atoms with Gasteiger partial charge in [0.05, 0.1) is 16.7 Å². The van der Waals surface area contributed by atoms with Crippen molar-refractivity contribution in [3.05, 3.63) is 89.1 Å². The number of hydrogen-bond acceptors (Lipinski definition) is 6. The number of para-hydroxylation sites is 1. The molecule has 0 spiro atoms. The minimum absolute atomic E-state index is 0.177. The number of allylic oxidation sites excluding steroid dienone is 2. The van der Waals surface area contributed by atoms with Gasteiger partial charge in [0.2, 0.25) is 0 Å². The van der Waals surface area contributed by atoms with Gasteiger partial charge >= 0.3 is 0 Å². The van der Waals surface area contributed by atoms with Crippen molar-refractivity contribution >= 4 is 58.3 Å². The summed E-state index contributed by atoms with van der Waals surface area (Å²) >= 11 is 3.58. The maximum Gasteiger partial charge on any atom is 0.294 e. The number of halogens is 1. The lowest BCUT2D eigenvalue weighted by atomic mass is 9.78. The summed E-state index contributed by atoms with van der Waals surface area (Å²) in [5, 5.41) is 4.74. The summed E-state index contributed by atoms with van der Waals surface area (Å²) in [6.07, 6.45) is 6.03. The first-order valence-electron chi connectivity index (χ1n) is 11.9. The van der Waals surface area contributed by atoms with Crippen LogP contribution in [0.5, 0.6) is 0 Å². The first-order valence-corrected chi connectivity index (χ1v) is 15.7. The summed E-state index contributed by atoms with van der Waals surface area (Å²) in [7, 11) is -8.45. The number of nitrogens with one attached hydrogen (secondary N) is 1. The third-order valence-corrected chi connectivity index (χ3v) is 8.83. The quantitative estimate of drug-likeness (QED) is 0.204. The van der Waals surface area contributed by atoms with E-state index in [0.29, 0.717) is 11.9 Å². The molecule has 38 heavy (non-hydrogen) atoms. The fourth-order valence-electron chi connectivity index (χ4n) is 5.00. The largest absolute Gasteiger partial charge is 0.364 e. The molecule has 3 N–H and O–H groups in total. The van der Waals surface area contributed by atoms with Gasteiger partial charge in [-0.1, -0.05) is 50.3 Å². The van der Waals surface area contributed by atoms with E-state index in [1.807, 2.05) is 54.8 Å². The first kappa shape index (κ1) is 28.3. The summed E-state index contributed by atoms with van der Waals surface area (Å²) < 4.78 is 65.7. The van der Waals surface area contributed by atoms with Crippen LogP contribution in [0.25, 0.3) is 10.8 Å². The molecule has 1 heterocycles. The lowest BCUT2D eigenvalue weighted by Gasteiger charge is -2.32. The first-order chi connectivity index (χ1) is 17.8. The van der Waals surface area contributed by atoms with Crippen molar-refractivity contribution < 1.29 is 25.9 Å². The van der Waals surface area contributed by atoms with Gasteiger partial charge in [0.25, 0.3) is 20.2 Å². The van der Waals surface area contributed by atoms with Crippen molar-refractivity contribution in [2.24, 2.45) is 0 Å². The lowest BCUT2D eigenvalue weighted by Crippen LogP contribution is -2.41. The van der Waals surface area contributed by atoms with Gasteiger partial charge in [0, 0.05) is 34.0 Å². The van der Waals surface area contributed by atoms with Crippen molar-refractivity contribution in [2.75, 3.05) is 22.5 Å². The molecule has 202 valence electrons. The molecule has 0 bridgehead atoms. The van der Waals surface area contributed by atoms with Gasteiger partial charge in [-0.25, -0.2) is 0 Å². The smallest absolute Gasteiger partial charge is 0.294 e. The molecule has 0 aromatic heterocycles. The minimum Gasteiger partial charge on any atom is -0.364 e. The summed E-state index contributed by atoms with van der Waals surface area (Å²) in [5.74, 6) is -0.356. The van der Waals surface area contributed by atoms with Crippen LogP contribution in [0.15, 0.2) is 88.4 Å². The normalized spacial score (nSPS) is 17.8. The Morgan fingerprint density at radius 3 is 2.42 bits per heavy atom. The van der Waals surface area contributed by atoms with E-state index >= 15 is 0 Å². The van der Waals surface area contributed by atoms with Gasteiger partial charge < -0.3 is 10.2 Å². The molecule has 4 rings (SSSR count). The van der Waals surface area contributed by atoms with Crippen molar-refractivity contribution in [3.63, 3.8) is 0 Å². The topological polar surface area (TPSA) is 124 Å². The lowest BCUT2D eigenvalue weighted by molar-refractivity contribution is 0.468. The monoisotopic (exact) mass is 620 g/mol. The van der Waals surface area contributed by atoms with E-state index < -0.39 is 25.7 Å². The van der Waals surface area contributed by atoms with Gasteiger partial charge in [0.15, 0.2) is 0 Å². The minimum atomic E-state index is -4.35. The van der Waals surface area contributed by atoms with E-state index in [1.54, 1.807) is 12.1 Å². The van der Waals surface area contributed by atoms with E-state index in [1.165, 1.54) is 12.1 Å². The van der Waals surface area contributed by atoms with E-state index in [9.17, 15) is 25.9 Å². The second kappa shape index (κ2) is 10.8. The number of benzene rings is 3. The maximum absolute atomic E-state index is 11.7. The molecule has 11 heteroatoms. The standard InChI is InChI=1S/C27H29BrN2O6S2/c1-27(2)25(14-10-20(28)18-29-21-7-4-3-5-8-21)30(15-6-16-37(31,32)33)24-13-9-19-17-22(38(34,35)36)11-12-23(19)26(24)27/h3-5,7-14,17-18,25,29H,6,15-16H2,1-2H3,(H,31,32,33)(H,34,35,36)/b14-10+,20-18-. The third-order valence-electron chi connectivity index (χ3n) is 6.69. The van der Waals surface area contributed by atoms with Gasteiger partial charge in [-0.3, -0.25) is 9.11 Å². The van der Waals surface area contributed by atoms with Crippen LogP contribution >= 0.6 is 15.9 Å². The zero-order chi connectivity index (χ0) is 27.7. The van der Waals surface area contributed by atoms with Crippen LogP contribution in [0.2, 0.25) is 0 Å². The Kier molecular flexibility index (Phi) is 8.06. The van der Waals surface area contributed by atoms with Gasteiger partial charge in [-0.15, -0.1) is 0 Å². The SMILES string of the molecule is CC1(C)c2c(ccc3cc(S(=O)(=O)O)ccc23)N(CCCS(=O)(=O)O)C1/C=C/C(Br)=C/Nc1ccccc1. The van der Waals surface area contributed by atoms with Crippen molar-refractivity contribution in [1.82, 2.24) is 0 Å². The Labute approximate surface area is 231 Å². The Morgan fingerprint density at radius 1 is 1.05 bits per heavy atom. The average molecular weight is 622 g/mol. The van der Waals surface area contributed by atoms with Crippen molar-refractivity contribution in [1.29, 1.82) is 0 Å². The van der Waals surface area contributed by atoms with Crippen LogP contribution in [0.4, 0.5) is 11.4 Å². The molecule has 1 aliphatic heterocycles. The Bertz CT molecular complexity index is 1620. The molecule has 0 fully saturated rings. The maximum atomic E-state index is 11.7. The highest BCUT2D eigenvalue weighted by Gasteiger charge is 2.44. The zero-order valence-corrected chi connectivity index (χ0v) is 24.1. The van der Waals surface area contributed by atoms with Crippen LogP contribution in [0, 0.1) is 0 Å². The highest BCUT2D eigenvalue weighted by Crippen LogP contribution is 2.49. The number of anilines is 2. The molecule has 0 amide bonds. The molecule has 3 aromatic rings. The Balaban J connectivity index is 1.73. The molecule has 0 radical (unpaired) electrons. The molecule has 8 nitrogen and oxygen atoms in total. The van der Waals surface area contributed by atoms with E-state index in [4.69, 9.17) is 0 Å².